The highest BCUT2D eigenvalue weighted by Crippen LogP contribution is 2.34. The van der Waals surface area contributed by atoms with Crippen LogP contribution in [0.5, 0.6) is 11.5 Å². The second-order valence-corrected chi connectivity index (χ2v) is 14.2. The van der Waals surface area contributed by atoms with Crippen molar-refractivity contribution in [1.29, 1.82) is 0 Å². The van der Waals surface area contributed by atoms with Crippen LogP contribution in [-0.2, 0) is 20.8 Å². The Morgan fingerprint density at radius 1 is 1.06 bits per heavy atom. The van der Waals surface area contributed by atoms with Crippen molar-refractivity contribution in [2.75, 3.05) is 32.1 Å². The number of halogens is 1. The molecule has 14 heteroatoms. The Kier molecular flexibility index (Phi) is 11.8. The van der Waals surface area contributed by atoms with Crippen molar-refractivity contribution in [1.82, 2.24) is 20.1 Å². The van der Waals surface area contributed by atoms with Crippen LogP contribution in [0.4, 0.5) is 15.3 Å². The fraction of sp³-hybridized carbons (Fsp3) is 0.500. The summed E-state index contributed by atoms with van der Waals surface area (Å²) in [4.78, 5) is 46.8. The number of rotatable bonds is 9. The normalized spacial score (nSPS) is 16.8. The number of anilines is 1. The average Bonchev–Trinajstić information content (AvgIpc) is 3.47. The quantitative estimate of drug-likeness (QED) is 0.279. The minimum atomic E-state index is -0.799. The topological polar surface area (TPSA) is 132 Å². The summed E-state index contributed by atoms with van der Waals surface area (Å²) in [6.45, 7) is 11.9. The molecule has 1 fully saturated rings. The predicted octanol–water partition coefficient (Wildman–Crippen LogP) is 6.47. The molecule has 3 heterocycles. The number of benzene rings is 1. The number of methoxy groups -OCH3 is 1. The summed E-state index contributed by atoms with van der Waals surface area (Å²) in [5, 5.41) is 6.79. The molecule has 1 atom stereocenters. The van der Waals surface area contributed by atoms with E-state index >= 15 is 0 Å². The summed E-state index contributed by atoms with van der Waals surface area (Å²) >= 11 is 12.1. The van der Waals surface area contributed by atoms with Gasteiger partial charge >= 0.3 is 12.2 Å². The zero-order valence-electron chi connectivity index (χ0n) is 28.5. The standard InChI is InChI=1S/C34H44ClN5O7S/c1-33(2,3)46-31(42)39-16-9-10-22(39)20-45-26-19-36-15-13-21(26)18-37-24-14-17-40(32(43)47-34(4,5)6)30(41)27(24)29(48)38-25-12-8-11-23(35)28(25)44-7/h8,11-13,15,19,22,37H,9-10,14,16-18,20H2,1-7H3,(H,38,48)/t22-/m1/s1. The largest absolute Gasteiger partial charge is 0.493 e. The number of para-hydroxylation sites is 1. The van der Waals surface area contributed by atoms with Crippen molar-refractivity contribution < 1.29 is 33.3 Å². The first-order chi connectivity index (χ1) is 22.6. The Bertz CT molecular complexity index is 1570. The summed E-state index contributed by atoms with van der Waals surface area (Å²) in [5.74, 6) is 0.284. The van der Waals surface area contributed by atoms with Crippen molar-refractivity contribution in [3.05, 3.63) is 58.5 Å². The van der Waals surface area contributed by atoms with Gasteiger partial charge in [-0.15, -0.1) is 0 Å². The summed E-state index contributed by atoms with van der Waals surface area (Å²) in [6, 6.07) is 6.79. The van der Waals surface area contributed by atoms with Crippen LogP contribution in [0, 0.1) is 0 Å². The highest BCUT2D eigenvalue weighted by molar-refractivity contribution is 7.81. The molecule has 48 heavy (non-hydrogen) atoms. The van der Waals surface area contributed by atoms with Crippen molar-refractivity contribution in [2.24, 2.45) is 0 Å². The number of pyridine rings is 1. The molecule has 0 bridgehead atoms. The lowest BCUT2D eigenvalue weighted by Gasteiger charge is -2.32. The Morgan fingerprint density at radius 3 is 2.46 bits per heavy atom. The van der Waals surface area contributed by atoms with E-state index in [1.807, 2.05) is 26.8 Å². The van der Waals surface area contributed by atoms with Crippen LogP contribution in [0.25, 0.3) is 0 Å². The van der Waals surface area contributed by atoms with Crippen molar-refractivity contribution in [2.45, 2.75) is 84.6 Å². The molecule has 0 spiro atoms. The second-order valence-electron chi connectivity index (χ2n) is 13.4. The molecule has 0 unspecified atom stereocenters. The molecule has 1 aromatic carbocycles. The van der Waals surface area contributed by atoms with Gasteiger partial charge in [0.05, 0.1) is 35.6 Å². The third kappa shape index (κ3) is 9.50. The van der Waals surface area contributed by atoms with Crippen LogP contribution in [0.15, 0.2) is 47.9 Å². The number of carbonyl (C=O) groups excluding carboxylic acids is 3. The number of carbonyl (C=O) groups is 3. The number of ether oxygens (including phenoxy) is 4. The van der Waals surface area contributed by atoms with Gasteiger partial charge in [0.1, 0.15) is 28.5 Å². The SMILES string of the molecule is COc1c(Cl)cccc1NC(=S)C1=C(NCc2ccncc2OC[C@H]2CCCN2C(=O)OC(C)(C)C)CCN(C(=O)OC(C)(C)C)C1=O. The number of nitrogens with one attached hydrogen (secondary N) is 2. The maximum absolute atomic E-state index is 13.9. The van der Waals surface area contributed by atoms with Gasteiger partial charge in [0, 0.05) is 43.5 Å². The van der Waals surface area contributed by atoms with Crippen LogP contribution in [0.3, 0.4) is 0 Å². The van der Waals surface area contributed by atoms with E-state index in [0.717, 1.165) is 23.3 Å². The molecule has 2 N–H and O–H groups in total. The molecule has 12 nitrogen and oxygen atoms in total. The fourth-order valence-corrected chi connectivity index (χ4v) is 5.83. The van der Waals surface area contributed by atoms with Gasteiger partial charge in [-0.05, 0) is 72.6 Å². The van der Waals surface area contributed by atoms with E-state index in [4.69, 9.17) is 42.8 Å². The third-order valence-corrected chi connectivity index (χ3v) is 8.01. The molecule has 0 aliphatic carbocycles. The molecule has 2 aromatic rings. The number of thiocarbonyl (C=S) groups is 1. The number of imide groups is 1. The van der Waals surface area contributed by atoms with Gasteiger partial charge in [-0.1, -0.05) is 29.9 Å². The van der Waals surface area contributed by atoms with E-state index in [2.05, 4.69) is 15.6 Å². The van der Waals surface area contributed by atoms with Crippen LogP contribution < -0.4 is 20.1 Å². The zero-order valence-corrected chi connectivity index (χ0v) is 30.0. The lowest BCUT2D eigenvalue weighted by atomic mass is 10.0. The zero-order chi connectivity index (χ0) is 35.2. The molecule has 2 aliphatic heterocycles. The third-order valence-electron chi connectivity index (χ3n) is 7.41. The minimum absolute atomic E-state index is 0.0750. The lowest BCUT2D eigenvalue weighted by molar-refractivity contribution is -0.126. The molecule has 0 radical (unpaired) electrons. The number of nitrogens with zero attached hydrogens (tertiary/aromatic N) is 3. The summed E-state index contributed by atoms with van der Waals surface area (Å²) in [6.07, 6.45) is 4.09. The van der Waals surface area contributed by atoms with Crippen LogP contribution in [0.1, 0.15) is 66.4 Å². The van der Waals surface area contributed by atoms with Gasteiger partial charge in [0.2, 0.25) is 0 Å². The molecule has 2 aliphatic rings. The first-order valence-electron chi connectivity index (χ1n) is 15.8. The van der Waals surface area contributed by atoms with Crippen LogP contribution >= 0.6 is 23.8 Å². The van der Waals surface area contributed by atoms with E-state index in [9.17, 15) is 14.4 Å². The first kappa shape index (κ1) is 36.7. The second kappa shape index (κ2) is 15.4. The van der Waals surface area contributed by atoms with Gasteiger partial charge in [-0.3, -0.25) is 9.78 Å². The number of amides is 3. The van der Waals surface area contributed by atoms with E-state index in [0.29, 0.717) is 40.9 Å². The van der Waals surface area contributed by atoms with Gasteiger partial charge in [0.15, 0.2) is 5.75 Å². The molecular formula is C34H44ClN5O7S. The molecular weight excluding hydrogens is 658 g/mol. The van der Waals surface area contributed by atoms with E-state index in [1.165, 1.54) is 7.11 Å². The number of hydrogen-bond acceptors (Lipinski definition) is 10. The fourth-order valence-electron chi connectivity index (χ4n) is 5.26. The number of likely N-dealkylation sites (tertiary alicyclic amines) is 1. The number of hydrogen-bond donors (Lipinski definition) is 2. The van der Waals surface area contributed by atoms with E-state index in [-0.39, 0.29) is 42.4 Å². The maximum atomic E-state index is 13.9. The Hall–Kier alpha value is -4.10. The van der Waals surface area contributed by atoms with Crippen molar-refractivity contribution in [3.63, 3.8) is 0 Å². The summed E-state index contributed by atoms with van der Waals surface area (Å²) < 4.78 is 22.8. The van der Waals surface area contributed by atoms with Crippen molar-refractivity contribution in [3.8, 4) is 11.5 Å². The van der Waals surface area contributed by atoms with Gasteiger partial charge in [-0.2, -0.15) is 0 Å². The van der Waals surface area contributed by atoms with E-state index < -0.39 is 23.2 Å². The number of aromatic nitrogens is 1. The Balaban J connectivity index is 1.55. The predicted molar refractivity (Wildman–Crippen MR) is 186 cm³/mol. The monoisotopic (exact) mass is 701 g/mol. The molecule has 4 rings (SSSR count). The van der Waals surface area contributed by atoms with Gasteiger partial charge in [0.25, 0.3) is 5.91 Å². The van der Waals surface area contributed by atoms with Crippen LogP contribution in [0.2, 0.25) is 5.02 Å². The highest BCUT2D eigenvalue weighted by atomic mass is 35.5. The molecule has 260 valence electrons. The van der Waals surface area contributed by atoms with Crippen molar-refractivity contribution >= 4 is 52.6 Å². The Labute approximate surface area is 292 Å². The van der Waals surface area contributed by atoms with Gasteiger partial charge < -0.3 is 34.5 Å². The Morgan fingerprint density at radius 2 is 1.77 bits per heavy atom. The molecule has 1 aromatic heterocycles. The lowest BCUT2D eigenvalue weighted by Crippen LogP contribution is -2.47. The molecule has 1 saturated heterocycles. The minimum Gasteiger partial charge on any atom is -0.493 e. The van der Waals surface area contributed by atoms with Gasteiger partial charge in [-0.25, -0.2) is 14.5 Å². The smallest absolute Gasteiger partial charge is 0.417 e. The summed E-state index contributed by atoms with van der Waals surface area (Å²) in [7, 11) is 1.48. The maximum Gasteiger partial charge on any atom is 0.417 e. The first-order valence-corrected chi connectivity index (χ1v) is 16.6. The van der Waals surface area contributed by atoms with E-state index in [1.54, 1.807) is 56.3 Å². The van der Waals surface area contributed by atoms with Crippen LogP contribution in [-0.4, -0.2) is 81.9 Å². The molecule has 0 saturated carbocycles. The highest BCUT2D eigenvalue weighted by Gasteiger charge is 2.37. The average molecular weight is 702 g/mol. The molecule has 3 amide bonds. The summed E-state index contributed by atoms with van der Waals surface area (Å²) in [5.41, 5.74) is 0.487.